The van der Waals surface area contributed by atoms with Gasteiger partial charge in [-0.25, -0.2) is 0 Å². The lowest BCUT2D eigenvalue weighted by Gasteiger charge is -2.09. The number of hydrogen-bond acceptors (Lipinski definition) is 2. The average Bonchev–Trinajstić information content (AvgIpc) is 2.91. The second-order valence-corrected chi connectivity index (χ2v) is 5.80. The molecule has 3 nitrogen and oxygen atoms in total. The summed E-state index contributed by atoms with van der Waals surface area (Å²) in [4.78, 5) is 12.3. The summed E-state index contributed by atoms with van der Waals surface area (Å²) < 4.78 is 0.692. The molecular weight excluding hydrogens is 340 g/mol. The topological polar surface area (TPSA) is 41.1 Å². The van der Waals surface area contributed by atoms with Crippen molar-refractivity contribution in [2.45, 2.75) is 6.42 Å². The third-order valence-electron chi connectivity index (χ3n) is 3.28. The van der Waals surface area contributed by atoms with Crippen LogP contribution < -0.4 is 10.6 Å². The largest absolute Gasteiger partial charge is 0.384 e. The maximum atomic E-state index is 12.3. The maximum absolute atomic E-state index is 12.3. The van der Waals surface area contributed by atoms with E-state index < -0.39 is 0 Å². The van der Waals surface area contributed by atoms with Gasteiger partial charge in [0, 0.05) is 17.8 Å². The Hall–Kier alpha value is -1.52. The number of anilines is 2. The first kappa shape index (κ1) is 13.5. The van der Waals surface area contributed by atoms with E-state index in [9.17, 15) is 4.79 Å². The van der Waals surface area contributed by atoms with Gasteiger partial charge in [-0.2, -0.15) is 0 Å². The van der Waals surface area contributed by atoms with E-state index in [0.717, 1.165) is 18.7 Å². The van der Waals surface area contributed by atoms with Gasteiger partial charge in [-0.3, -0.25) is 4.79 Å². The number of nitrogens with one attached hydrogen (secondary N) is 2. The van der Waals surface area contributed by atoms with Gasteiger partial charge in [0.15, 0.2) is 0 Å². The lowest BCUT2D eigenvalue weighted by molar-refractivity contribution is 0.102. The number of rotatable bonds is 2. The quantitative estimate of drug-likeness (QED) is 0.846. The van der Waals surface area contributed by atoms with E-state index in [0.29, 0.717) is 20.7 Å². The molecule has 0 atom stereocenters. The van der Waals surface area contributed by atoms with Gasteiger partial charge in [-0.05, 0) is 58.2 Å². The molecule has 0 aliphatic carbocycles. The van der Waals surface area contributed by atoms with Crippen LogP contribution in [0.15, 0.2) is 40.9 Å². The highest BCUT2D eigenvalue weighted by molar-refractivity contribution is 9.10. The van der Waals surface area contributed by atoms with Crippen molar-refractivity contribution in [3.05, 3.63) is 57.0 Å². The molecule has 20 heavy (non-hydrogen) atoms. The van der Waals surface area contributed by atoms with Gasteiger partial charge >= 0.3 is 0 Å². The molecule has 102 valence electrons. The molecule has 1 heterocycles. The summed E-state index contributed by atoms with van der Waals surface area (Å²) in [5.41, 5.74) is 3.62. The molecule has 1 aliphatic rings. The van der Waals surface area contributed by atoms with Gasteiger partial charge in [0.05, 0.1) is 15.2 Å². The predicted molar refractivity (Wildman–Crippen MR) is 85.7 cm³/mol. The van der Waals surface area contributed by atoms with Crippen LogP contribution in [0.3, 0.4) is 0 Å². The minimum absolute atomic E-state index is 0.136. The fourth-order valence-corrected chi connectivity index (χ4v) is 2.78. The number of halogens is 2. The highest BCUT2D eigenvalue weighted by atomic mass is 79.9. The summed E-state index contributed by atoms with van der Waals surface area (Å²) >= 11 is 9.39. The molecule has 0 saturated carbocycles. The standard InChI is InChI=1S/C15H12BrClN2O/c16-14-11(17)2-1-3-13(14)19-15(20)10-4-5-12-9(8-10)6-7-18-12/h1-5,8,18H,6-7H2,(H,19,20). The van der Waals surface area contributed by atoms with Crippen LogP contribution in [0, 0.1) is 0 Å². The van der Waals surface area contributed by atoms with Crippen LogP contribution in [-0.2, 0) is 6.42 Å². The lowest BCUT2D eigenvalue weighted by Crippen LogP contribution is -2.12. The molecule has 5 heteroatoms. The fourth-order valence-electron chi connectivity index (χ4n) is 2.24. The molecule has 2 aromatic carbocycles. The van der Waals surface area contributed by atoms with Crippen molar-refractivity contribution in [1.29, 1.82) is 0 Å². The normalized spacial score (nSPS) is 12.7. The number of carbonyl (C=O) groups is 1. The van der Waals surface area contributed by atoms with Crippen LogP contribution in [-0.4, -0.2) is 12.5 Å². The number of fused-ring (bicyclic) bond motifs is 1. The minimum Gasteiger partial charge on any atom is -0.384 e. The van der Waals surface area contributed by atoms with E-state index in [4.69, 9.17) is 11.6 Å². The highest BCUT2D eigenvalue weighted by Gasteiger charge is 2.14. The number of carbonyl (C=O) groups excluding carboxylic acids is 1. The molecule has 1 amide bonds. The van der Waals surface area contributed by atoms with Crippen LogP contribution in [0.1, 0.15) is 15.9 Å². The van der Waals surface area contributed by atoms with E-state index in [2.05, 4.69) is 26.6 Å². The van der Waals surface area contributed by atoms with Crippen molar-refractivity contribution in [2.24, 2.45) is 0 Å². The number of amides is 1. The smallest absolute Gasteiger partial charge is 0.255 e. The first-order valence-corrected chi connectivity index (χ1v) is 7.44. The van der Waals surface area contributed by atoms with E-state index in [1.165, 1.54) is 5.56 Å². The van der Waals surface area contributed by atoms with Gasteiger partial charge in [0.2, 0.25) is 0 Å². The second-order valence-electron chi connectivity index (χ2n) is 4.60. The highest BCUT2D eigenvalue weighted by Crippen LogP contribution is 2.30. The van der Waals surface area contributed by atoms with Gasteiger partial charge in [-0.15, -0.1) is 0 Å². The summed E-state index contributed by atoms with van der Waals surface area (Å²) in [6.07, 6.45) is 0.956. The van der Waals surface area contributed by atoms with Gasteiger partial charge in [0.25, 0.3) is 5.91 Å². The zero-order valence-corrected chi connectivity index (χ0v) is 12.9. The summed E-state index contributed by atoms with van der Waals surface area (Å²) in [6, 6.07) is 11.1. The van der Waals surface area contributed by atoms with Crippen molar-refractivity contribution in [3.8, 4) is 0 Å². The molecule has 0 unspecified atom stereocenters. The van der Waals surface area contributed by atoms with E-state index in [1.54, 1.807) is 12.1 Å². The molecule has 0 radical (unpaired) electrons. The average molecular weight is 352 g/mol. The Morgan fingerprint density at radius 1 is 1.30 bits per heavy atom. The van der Waals surface area contributed by atoms with E-state index in [1.807, 2.05) is 24.3 Å². The van der Waals surface area contributed by atoms with Crippen LogP contribution in [0.5, 0.6) is 0 Å². The number of benzene rings is 2. The molecule has 0 saturated heterocycles. The summed E-state index contributed by atoms with van der Waals surface area (Å²) in [5.74, 6) is -0.136. The van der Waals surface area contributed by atoms with Crippen molar-refractivity contribution >= 4 is 44.8 Å². The molecule has 1 aliphatic heterocycles. The SMILES string of the molecule is O=C(Nc1cccc(Cl)c1Br)c1ccc2c(c1)CCN2. The van der Waals surface area contributed by atoms with Crippen molar-refractivity contribution in [2.75, 3.05) is 17.2 Å². The minimum atomic E-state index is -0.136. The Bertz CT molecular complexity index is 688. The second kappa shape index (κ2) is 5.46. The molecular formula is C15H12BrClN2O. The Morgan fingerprint density at radius 2 is 2.15 bits per heavy atom. The van der Waals surface area contributed by atoms with Gasteiger partial charge in [-0.1, -0.05) is 17.7 Å². The summed E-state index contributed by atoms with van der Waals surface area (Å²) in [5, 5.41) is 6.71. The summed E-state index contributed by atoms with van der Waals surface area (Å²) in [6.45, 7) is 0.931. The first-order valence-electron chi connectivity index (χ1n) is 6.27. The maximum Gasteiger partial charge on any atom is 0.255 e. The Balaban J connectivity index is 1.84. The van der Waals surface area contributed by atoms with Crippen LogP contribution in [0.2, 0.25) is 5.02 Å². The molecule has 2 aromatic rings. The van der Waals surface area contributed by atoms with Gasteiger partial charge < -0.3 is 10.6 Å². The molecule has 3 rings (SSSR count). The Labute approximate surface area is 130 Å². The third kappa shape index (κ3) is 2.53. The van der Waals surface area contributed by atoms with Crippen molar-refractivity contribution < 1.29 is 4.79 Å². The van der Waals surface area contributed by atoms with Crippen molar-refractivity contribution in [3.63, 3.8) is 0 Å². The van der Waals surface area contributed by atoms with Gasteiger partial charge in [0.1, 0.15) is 0 Å². The molecule has 0 bridgehead atoms. The summed E-state index contributed by atoms with van der Waals surface area (Å²) in [7, 11) is 0. The number of hydrogen-bond donors (Lipinski definition) is 2. The monoisotopic (exact) mass is 350 g/mol. The first-order chi connectivity index (χ1) is 9.65. The third-order valence-corrected chi connectivity index (χ3v) is 4.67. The van der Waals surface area contributed by atoms with Crippen LogP contribution in [0.25, 0.3) is 0 Å². The van der Waals surface area contributed by atoms with Crippen LogP contribution in [0.4, 0.5) is 11.4 Å². The Kier molecular flexibility index (Phi) is 3.68. The van der Waals surface area contributed by atoms with E-state index in [-0.39, 0.29) is 5.91 Å². The Morgan fingerprint density at radius 3 is 3.00 bits per heavy atom. The molecule has 0 aromatic heterocycles. The molecule has 0 fully saturated rings. The van der Waals surface area contributed by atoms with Crippen molar-refractivity contribution in [1.82, 2.24) is 0 Å². The zero-order chi connectivity index (χ0) is 14.1. The van der Waals surface area contributed by atoms with E-state index >= 15 is 0 Å². The fraction of sp³-hybridized carbons (Fsp3) is 0.133. The predicted octanol–water partition coefficient (Wildman–Crippen LogP) is 4.32. The molecule has 2 N–H and O–H groups in total. The zero-order valence-electron chi connectivity index (χ0n) is 10.5. The van der Waals surface area contributed by atoms with Crippen LogP contribution >= 0.6 is 27.5 Å². The lowest BCUT2D eigenvalue weighted by atomic mass is 10.1. The molecule has 0 spiro atoms.